The number of nitrogens with zero attached hydrogens (tertiary/aromatic N) is 1. The first-order chi connectivity index (χ1) is 7.56. The van der Waals surface area contributed by atoms with Gasteiger partial charge in [0.2, 0.25) is 0 Å². The first-order valence-corrected chi connectivity index (χ1v) is 4.98. The molecule has 6 nitrogen and oxygen atoms in total. The number of carbonyl (C=O) groups excluding carboxylic acids is 1. The van der Waals surface area contributed by atoms with Crippen LogP contribution in [0.15, 0.2) is 12.2 Å². The number of alkyl carbamates (subject to hydrolysis) is 1. The standard InChI is InChI=1S/C10H16N2O4/c1-12-6-4-3-5-7(8(12)9(13)14)11-10(15)16-2/h3-4,7-8H,5-6H2,1-2H3,(H,11,15)(H,13,14). The molecule has 1 rings (SSSR count). The molecule has 0 saturated heterocycles. The summed E-state index contributed by atoms with van der Waals surface area (Å²) in [7, 11) is 2.96. The molecule has 16 heavy (non-hydrogen) atoms. The number of carbonyl (C=O) groups is 2. The Morgan fingerprint density at radius 1 is 1.50 bits per heavy atom. The SMILES string of the molecule is COC(=O)NC1CC=CCN(C)C1C(=O)O. The topological polar surface area (TPSA) is 78.9 Å². The van der Waals surface area contributed by atoms with Crippen LogP contribution in [0.5, 0.6) is 0 Å². The van der Waals surface area contributed by atoms with E-state index < -0.39 is 24.1 Å². The van der Waals surface area contributed by atoms with Crippen LogP contribution in [0.4, 0.5) is 4.79 Å². The van der Waals surface area contributed by atoms with Crippen LogP contribution >= 0.6 is 0 Å². The quantitative estimate of drug-likeness (QED) is 0.653. The van der Waals surface area contributed by atoms with Crippen molar-refractivity contribution in [2.75, 3.05) is 20.7 Å². The van der Waals surface area contributed by atoms with Gasteiger partial charge >= 0.3 is 12.1 Å². The summed E-state index contributed by atoms with van der Waals surface area (Å²) in [5.41, 5.74) is 0. The molecule has 1 aliphatic rings. The molecule has 0 bridgehead atoms. The fourth-order valence-electron chi connectivity index (χ4n) is 1.74. The molecule has 0 aromatic carbocycles. The van der Waals surface area contributed by atoms with Crippen molar-refractivity contribution < 1.29 is 19.4 Å². The van der Waals surface area contributed by atoms with E-state index in [0.717, 1.165) is 0 Å². The predicted molar refractivity (Wildman–Crippen MR) is 57.1 cm³/mol. The Morgan fingerprint density at radius 2 is 2.19 bits per heavy atom. The number of methoxy groups -OCH3 is 1. The zero-order chi connectivity index (χ0) is 12.1. The lowest BCUT2D eigenvalue weighted by Gasteiger charge is -2.28. The number of likely N-dealkylation sites (N-methyl/N-ethyl adjacent to an activating group) is 1. The smallest absolute Gasteiger partial charge is 0.407 e. The third-order valence-electron chi connectivity index (χ3n) is 2.55. The highest BCUT2D eigenvalue weighted by Gasteiger charge is 2.33. The number of aliphatic carboxylic acids is 1. The molecule has 2 unspecified atom stereocenters. The fourth-order valence-corrected chi connectivity index (χ4v) is 1.74. The van der Waals surface area contributed by atoms with E-state index in [2.05, 4.69) is 10.1 Å². The molecule has 0 aliphatic carbocycles. The molecule has 0 radical (unpaired) electrons. The second kappa shape index (κ2) is 5.50. The van der Waals surface area contributed by atoms with E-state index >= 15 is 0 Å². The van der Waals surface area contributed by atoms with Crippen LogP contribution in [0.25, 0.3) is 0 Å². The van der Waals surface area contributed by atoms with Gasteiger partial charge in [-0.2, -0.15) is 0 Å². The van der Waals surface area contributed by atoms with Crippen molar-refractivity contribution in [2.45, 2.75) is 18.5 Å². The number of rotatable bonds is 2. The Morgan fingerprint density at radius 3 is 2.75 bits per heavy atom. The zero-order valence-electron chi connectivity index (χ0n) is 9.34. The summed E-state index contributed by atoms with van der Waals surface area (Å²) in [6, 6.07) is -1.22. The van der Waals surface area contributed by atoms with Crippen molar-refractivity contribution in [3.8, 4) is 0 Å². The van der Waals surface area contributed by atoms with Crippen molar-refractivity contribution in [2.24, 2.45) is 0 Å². The van der Waals surface area contributed by atoms with Gasteiger partial charge in [0, 0.05) is 6.54 Å². The number of amides is 1. The predicted octanol–water partition coefficient (Wildman–Crippen LogP) is 0.0559. The lowest BCUT2D eigenvalue weighted by Crippen LogP contribution is -2.53. The van der Waals surface area contributed by atoms with Crippen molar-refractivity contribution in [3.63, 3.8) is 0 Å². The first kappa shape index (κ1) is 12.5. The number of carboxylic acids is 1. The summed E-state index contributed by atoms with van der Waals surface area (Å²) in [5, 5.41) is 11.7. The van der Waals surface area contributed by atoms with Gasteiger partial charge in [-0.15, -0.1) is 0 Å². The molecular weight excluding hydrogens is 212 g/mol. The Bertz CT molecular complexity index is 303. The molecule has 6 heteroatoms. The Hall–Kier alpha value is -1.56. The van der Waals surface area contributed by atoms with Crippen LogP contribution in [0.2, 0.25) is 0 Å². The van der Waals surface area contributed by atoms with E-state index in [-0.39, 0.29) is 0 Å². The maximum atomic E-state index is 11.1. The van der Waals surface area contributed by atoms with Gasteiger partial charge in [0.05, 0.1) is 13.2 Å². The summed E-state index contributed by atoms with van der Waals surface area (Å²) in [5.74, 6) is -0.951. The van der Waals surface area contributed by atoms with Gasteiger partial charge in [-0.3, -0.25) is 9.69 Å². The van der Waals surface area contributed by atoms with Gasteiger partial charge in [-0.1, -0.05) is 12.2 Å². The molecule has 2 atom stereocenters. The minimum Gasteiger partial charge on any atom is -0.480 e. The molecule has 1 aliphatic heterocycles. The zero-order valence-corrected chi connectivity index (χ0v) is 9.34. The fraction of sp³-hybridized carbons (Fsp3) is 0.600. The minimum atomic E-state index is -0.951. The first-order valence-electron chi connectivity index (χ1n) is 4.98. The van der Waals surface area contributed by atoms with Crippen molar-refractivity contribution in [1.82, 2.24) is 10.2 Å². The average Bonchev–Trinajstić information content (AvgIpc) is 2.39. The molecular formula is C10H16N2O4. The minimum absolute atomic E-state index is 0.478. The van der Waals surface area contributed by atoms with Gasteiger partial charge < -0.3 is 15.2 Å². The van der Waals surface area contributed by atoms with E-state index in [1.165, 1.54) is 7.11 Å². The van der Waals surface area contributed by atoms with Crippen LogP contribution in [0, 0.1) is 0 Å². The van der Waals surface area contributed by atoms with Gasteiger partial charge in [0.1, 0.15) is 6.04 Å². The summed E-state index contributed by atoms with van der Waals surface area (Å²) in [6.45, 7) is 0.552. The largest absolute Gasteiger partial charge is 0.480 e. The van der Waals surface area contributed by atoms with E-state index in [0.29, 0.717) is 13.0 Å². The van der Waals surface area contributed by atoms with Gasteiger partial charge in [-0.05, 0) is 13.5 Å². The molecule has 2 N–H and O–H groups in total. The molecule has 1 heterocycles. The van der Waals surface area contributed by atoms with E-state index in [1.807, 2.05) is 12.2 Å². The average molecular weight is 228 g/mol. The summed E-state index contributed by atoms with van der Waals surface area (Å²) in [6.07, 6.45) is 3.62. The van der Waals surface area contributed by atoms with Gasteiger partial charge in [-0.25, -0.2) is 4.79 Å². The molecule has 0 saturated carbocycles. The maximum absolute atomic E-state index is 11.1. The van der Waals surface area contributed by atoms with E-state index in [1.54, 1.807) is 11.9 Å². The number of hydrogen-bond acceptors (Lipinski definition) is 4. The van der Waals surface area contributed by atoms with E-state index in [4.69, 9.17) is 5.11 Å². The second-order valence-corrected chi connectivity index (χ2v) is 3.67. The second-order valence-electron chi connectivity index (χ2n) is 3.67. The number of hydrogen-bond donors (Lipinski definition) is 2. The highest BCUT2D eigenvalue weighted by molar-refractivity contribution is 5.76. The van der Waals surface area contributed by atoms with Gasteiger partial charge in [0.25, 0.3) is 0 Å². The highest BCUT2D eigenvalue weighted by Crippen LogP contribution is 2.12. The third kappa shape index (κ3) is 2.96. The summed E-state index contributed by atoms with van der Waals surface area (Å²) in [4.78, 5) is 23.9. The Balaban J connectivity index is 2.79. The lowest BCUT2D eigenvalue weighted by molar-refractivity contribution is -0.143. The third-order valence-corrected chi connectivity index (χ3v) is 2.55. The van der Waals surface area contributed by atoms with Crippen molar-refractivity contribution in [3.05, 3.63) is 12.2 Å². The molecule has 0 spiro atoms. The van der Waals surface area contributed by atoms with Crippen LogP contribution in [-0.4, -0.2) is 54.9 Å². The number of ether oxygens (including phenoxy) is 1. The van der Waals surface area contributed by atoms with Crippen molar-refractivity contribution in [1.29, 1.82) is 0 Å². The highest BCUT2D eigenvalue weighted by atomic mass is 16.5. The monoisotopic (exact) mass is 228 g/mol. The number of nitrogens with one attached hydrogen (secondary N) is 1. The van der Waals surface area contributed by atoms with Crippen LogP contribution in [-0.2, 0) is 9.53 Å². The molecule has 0 aromatic rings. The maximum Gasteiger partial charge on any atom is 0.407 e. The van der Waals surface area contributed by atoms with Gasteiger partial charge in [0.15, 0.2) is 0 Å². The molecule has 0 aromatic heterocycles. The lowest BCUT2D eigenvalue weighted by atomic mass is 10.1. The number of carboxylic acid groups (broad SMARTS) is 1. The molecule has 0 fully saturated rings. The Kier molecular flexibility index (Phi) is 4.30. The molecule has 1 amide bonds. The Labute approximate surface area is 93.9 Å². The summed E-state index contributed by atoms with van der Waals surface area (Å²) >= 11 is 0. The molecule has 90 valence electrons. The van der Waals surface area contributed by atoms with Crippen molar-refractivity contribution >= 4 is 12.1 Å². The normalized spacial score (nSPS) is 25.9. The summed E-state index contributed by atoms with van der Waals surface area (Å²) < 4.78 is 4.47. The van der Waals surface area contributed by atoms with Crippen LogP contribution < -0.4 is 5.32 Å². The van der Waals surface area contributed by atoms with E-state index in [9.17, 15) is 9.59 Å². The van der Waals surface area contributed by atoms with Crippen LogP contribution in [0.3, 0.4) is 0 Å². The van der Waals surface area contributed by atoms with Crippen LogP contribution in [0.1, 0.15) is 6.42 Å².